The van der Waals surface area contributed by atoms with Crippen molar-refractivity contribution in [2.75, 3.05) is 37.0 Å². The van der Waals surface area contributed by atoms with Gasteiger partial charge >= 0.3 is 0 Å². The second kappa shape index (κ2) is 7.26. The number of halogens is 1. The van der Waals surface area contributed by atoms with Gasteiger partial charge in [0.2, 0.25) is 5.91 Å². The molecule has 8 heteroatoms. The Morgan fingerprint density at radius 1 is 1.36 bits per heavy atom. The van der Waals surface area contributed by atoms with E-state index in [1.54, 1.807) is 6.21 Å². The summed E-state index contributed by atoms with van der Waals surface area (Å²) in [5.74, 6) is 0.377. The predicted molar refractivity (Wildman–Crippen MR) is 92.8 cm³/mol. The summed E-state index contributed by atoms with van der Waals surface area (Å²) in [5.41, 5.74) is 2.09. The number of hydrogen-bond acceptors (Lipinski definition) is 6. The fraction of sp³-hybridized carbons (Fsp3) is 0.357. The second-order valence-corrected chi connectivity index (χ2v) is 6.67. The van der Waals surface area contributed by atoms with Gasteiger partial charge in [-0.2, -0.15) is 5.10 Å². The number of rotatable bonds is 3. The number of morpholine rings is 1. The Labute approximate surface area is 141 Å². The Kier molecular flexibility index (Phi) is 5.12. The minimum atomic E-state index is -0.0309. The van der Waals surface area contributed by atoms with Gasteiger partial charge in [0.25, 0.3) is 0 Å². The number of anilines is 1. The van der Waals surface area contributed by atoms with Crippen LogP contribution in [0.25, 0.3) is 0 Å². The highest BCUT2D eigenvalue weighted by molar-refractivity contribution is 9.10. The first-order valence-electron chi connectivity index (χ1n) is 6.88. The van der Waals surface area contributed by atoms with Crippen LogP contribution < -0.4 is 10.2 Å². The van der Waals surface area contributed by atoms with Crippen molar-refractivity contribution in [1.82, 2.24) is 5.32 Å². The van der Waals surface area contributed by atoms with Crippen LogP contribution in [0.5, 0.6) is 0 Å². The van der Waals surface area contributed by atoms with Gasteiger partial charge in [0.05, 0.1) is 25.2 Å². The first kappa shape index (κ1) is 15.5. The number of thioether (sulfide) groups is 1. The minimum absolute atomic E-state index is 0.0309. The highest BCUT2D eigenvalue weighted by atomic mass is 79.9. The Bertz CT molecular complexity index is 629. The zero-order valence-corrected chi connectivity index (χ0v) is 14.2. The molecule has 2 aliphatic heterocycles. The Morgan fingerprint density at radius 2 is 2.18 bits per heavy atom. The van der Waals surface area contributed by atoms with E-state index in [-0.39, 0.29) is 5.91 Å². The van der Waals surface area contributed by atoms with E-state index in [4.69, 9.17) is 4.74 Å². The first-order chi connectivity index (χ1) is 10.7. The van der Waals surface area contributed by atoms with Gasteiger partial charge in [-0.1, -0.05) is 33.8 Å². The normalized spacial score (nSPS) is 20.9. The molecule has 0 unspecified atom stereocenters. The summed E-state index contributed by atoms with van der Waals surface area (Å²) in [7, 11) is 0. The lowest BCUT2D eigenvalue weighted by Crippen LogP contribution is -2.36. The largest absolute Gasteiger partial charge is 0.378 e. The van der Waals surface area contributed by atoms with Crippen LogP contribution in [0.4, 0.5) is 5.69 Å². The maximum absolute atomic E-state index is 11.1. The van der Waals surface area contributed by atoms with Crippen molar-refractivity contribution >= 4 is 50.7 Å². The van der Waals surface area contributed by atoms with Crippen molar-refractivity contribution in [3.63, 3.8) is 0 Å². The molecule has 2 saturated heterocycles. The lowest BCUT2D eigenvalue weighted by molar-refractivity contribution is -0.116. The summed E-state index contributed by atoms with van der Waals surface area (Å²) in [6.45, 7) is 3.18. The molecule has 1 aromatic rings. The van der Waals surface area contributed by atoms with Gasteiger partial charge in [0.15, 0.2) is 5.17 Å². The summed E-state index contributed by atoms with van der Waals surface area (Å²) >= 11 is 4.87. The lowest BCUT2D eigenvalue weighted by Gasteiger charge is -2.30. The number of amidine groups is 1. The van der Waals surface area contributed by atoms with E-state index >= 15 is 0 Å². The van der Waals surface area contributed by atoms with E-state index in [2.05, 4.69) is 42.4 Å². The number of nitrogens with zero attached hydrogens (tertiary/aromatic N) is 3. The SMILES string of the molecule is O=C1CSC(=NN=Cc2ccc(Br)cc2N2CCOCC2)N1. The standard InChI is InChI=1S/C14H15BrN4O2S/c15-11-2-1-10(8-16-18-14-17-13(20)9-22-14)12(7-11)19-3-5-21-6-4-19/h1-2,7-8H,3-6,9H2,(H,17,18,20). The van der Waals surface area contributed by atoms with Crippen molar-refractivity contribution in [3.05, 3.63) is 28.2 Å². The van der Waals surface area contributed by atoms with Gasteiger partial charge in [0, 0.05) is 28.8 Å². The molecular weight excluding hydrogens is 368 g/mol. The minimum Gasteiger partial charge on any atom is -0.378 e. The monoisotopic (exact) mass is 382 g/mol. The molecule has 2 aliphatic rings. The average molecular weight is 383 g/mol. The molecule has 3 rings (SSSR count). The maximum atomic E-state index is 11.1. The molecule has 0 spiro atoms. The molecule has 1 amide bonds. The van der Waals surface area contributed by atoms with Crippen LogP contribution in [0, 0.1) is 0 Å². The Hall–Kier alpha value is -1.38. The van der Waals surface area contributed by atoms with Crippen LogP contribution in [0.1, 0.15) is 5.56 Å². The molecule has 1 N–H and O–H groups in total. The topological polar surface area (TPSA) is 66.3 Å². The highest BCUT2D eigenvalue weighted by Crippen LogP contribution is 2.25. The molecule has 22 heavy (non-hydrogen) atoms. The average Bonchev–Trinajstić information content (AvgIpc) is 2.95. The third kappa shape index (κ3) is 3.88. The number of ether oxygens (including phenoxy) is 1. The maximum Gasteiger partial charge on any atom is 0.236 e. The van der Waals surface area contributed by atoms with Gasteiger partial charge in [0.1, 0.15) is 0 Å². The van der Waals surface area contributed by atoms with Crippen LogP contribution >= 0.6 is 27.7 Å². The smallest absolute Gasteiger partial charge is 0.236 e. The van der Waals surface area contributed by atoms with Crippen molar-refractivity contribution in [3.8, 4) is 0 Å². The molecule has 0 bridgehead atoms. The van der Waals surface area contributed by atoms with E-state index in [9.17, 15) is 4.79 Å². The molecule has 2 fully saturated rings. The molecule has 116 valence electrons. The molecule has 0 aromatic heterocycles. The van der Waals surface area contributed by atoms with Crippen LogP contribution in [0.15, 0.2) is 32.9 Å². The van der Waals surface area contributed by atoms with Gasteiger partial charge in [-0.15, -0.1) is 5.10 Å². The fourth-order valence-electron chi connectivity index (χ4n) is 2.23. The zero-order valence-electron chi connectivity index (χ0n) is 11.8. The van der Waals surface area contributed by atoms with Crippen LogP contribution in [0.3, 0.4) is 0 Å². The highest BCUT2D eigenvalue weighted by Gasteiger charge is 2.16. The number of benzene rings is 1. The predicted octanol–water partition coefficient (Wildman–Crippen LogP) is 1.84. The first-order valence-corrected chi connectivity index (χ1v) is 8.66. The quantitative estimate of drug-likeness (QED) is 0.639. The molecule has 1 aromatic carbocycles. The number of amides is 1. The summed E-state index contributed by atoms with van der Waals surface area (Å²) in [5, 5.41) is 11.3. The molecule has 0 atom stereocenters. The summed E-state index contributed by atoms with van der Waals surface area (Å²) < 4.78 is 6.42. The van der Waals surface area contributed by atoms with Gasteiger partial charge in [-0.05, 0) is 12.1 Å². The van der Waals surface area contributed by atoms with Crippen molar-refractivity contribution in [2.45, 2.75) is 0 Å². The molecule has 2 heterocycles. The zero-order chi connectivity index (χ0) is 15.4. The van der Waals surface area contributed by atoms with Gasteiger partial charge < -0.3 is 15.0 Å². The van der Waals surface area contributed by atoms with Gasteiger partial charge in [-0.3, -0.25) is 4.79 Å². The van der Waals surface area contributed by atoms with Crippen molar-refractivity contribution in [1.29, 1.82) is 0 Å². The third-order valence-corrected chi connectivity index (χ3v) is 4.63. The lowest BCUT2D eigenvalue weighted by atomic mass is 10.1. The van der Waals surface area contributed by atoms with E-state index < -0.39 is 0 Å². The second-order valence-electron chi connectivity index (χ2n) is 4.79. The summed E-state index contributed by atoms with van der Waals surface area (Å²) in [6, 6.07) is 6.05. The van der Waals surface area contributed by atoms with E-state index in [1.165, 1.54) is 11.8 Å². The molecule has 6 nitrogen and oxygen atoms in total. The van der Waals surface area contributed by atoms with E-state index in [0.29, 0.717) is 10.9 Å². The number of hydrogen-bond donors (Lipinski definition) is 1. The molecule has 0 radical (unpaired) electrons. The van der Waals surface area contributed by atoms with Crippen LogP contribution in [-0.2, 0) is 9.53 Å². The number of carbonyl (C=O) groups excluding carboxylic acids is 1. The Balaban J connectivity index is 1.79. The molecule has 0 saturated carbocycles. The molecule has 0 aliphatic carbocycles. The van der Waals surface area contributed by atoms with Crippen LogP contribution in [-0.4, -0.2) is 49.3 Å². The van der Waals surface area contributed by atoms with Crippen LogP contribution in [0.2, 0.25) is 0 Å². The number of nitrogens with one attached hydrogen (secondary N) is 1. The fourth-order valence-corrected chi connectivity index (χ4v) is 3.21. The Morgan fingerprint density at radius 3 is 2.91 bits per heavy atom. The van der Waals surface area contributed by atoms with Gasteiger partial charge in [-0.25, -0.2) is 0 Å². The van der Waals surface area contributed by atoms with E-state index in [1.807, 2.05) is 12.1 Å². The number of carbonyl (C=O) groups is 1. The van der Waals surface area contributed by atoms with E-state index in [0.717, 1.165) is 42.0 Å². The van der Waals surface area contributed by atoms with Crippen molar-refractivity contribution < 1.29 is 9.53 Å². The summed E-state index contributed by atoms with van der Waals surface area (Å²) in [6.07, 6.45) is 1.72. The molecular formula is C14H15BrN4O2S. The summed E-state index contributed by atoms with van der Waals surface area (Å²) in [4.78, 5) is 13.4. The van der Waals surface area contributed by atoms with Crippen molar-refractivity contribution in [2.24, 2.45) is 10.2 Å². The third-order valence-electron chi connectivity index (χ3n) is 3.28.